The molecule has 0 bridgehead atoms. The van der Waals surface area contributed by atoms with Crippen LogP contribution in [0.4, 0.5) is 0 Å². The van der Waals surface area contributed by atoms with Crippen molar-refractivity contribution < 1.29 is 0 Å². The molecule has 0 N–H and O–H groups in total. The Bertz CT molecular complexity index is 853. The van der Waals surface area contributed by atoms with Crippen molar-refractivity contribution in [1.82, 2.24) is 0 Å². The summed E-state index contributed by atoms with van der Waals surface area (Å²) in [6.07, 6.45) is 5.72. The van der Waals surface area contributed by atoms with E-state index >= 15 is 0 Å². The molecule has 0 nitrogen and oxygen atoms in total. The molecule has 0 saturated heterocycles. The second-order valence-corrected chi connectivity index (χ2v) is 7.81. The van der Waals surface area contributed by atoms with Crippen LogP contribution >= 0.6 is 7.92 Å². The quantitative estimate of drug-likeness (QED) is 0.529. The Balaban J connectivity index is 2.30. The number of hydrogen-bond acceptors (Lipinski definition) is 0. The third-order valence-electron chi connectivity index (χ3n) is 4.20. The lowest BCUT2D eigenvalue weighted by Crippen LogP contribution is -2.23. The van der Waals surface area contributed by atoms with Crippen LogP contribution < -0.4 is 15.9 Å². The first-order valence-electron chi connectivity index (χ1n) is 8.24. The van der Waals surface area contributed by atoms with Crippen molar-refractivity contribution in [3.05, 3.63) is 109 Å². The van der Waals surface area contributed by atoms with E-state index in [1.54, 1.807) is 0 Å². The highest BCUT2D eigenvalue weighted by Crippen LogP contribution is 2.36. The summed E-state index contributed by atoms with van der Waals surface area (Å²) in [6.45, 7) is 12.0. The van der Waals surface area contributed by atoms with Crippen LogP contribution in [0.15, 0.2) is 92.5 Å². The van der Waals surface area contributed by atoms with Gasteiger partial charge in [0.2, 0.25) is 0 Å². The molecule has 25 heavy (non-hydrogen) atoms. The van der Waals surface area contributed by atoms with Gasteiger partial charge in [0.25, 0.3) is 0 Å². The van der Waals surface area contributed by atoms with Crippen molar-refractivity contribution in [2.45, 2.75) is 0 Å². The summed E-state index contributed by atoms with van der Waals surface area (Å²) in [7, 11) is -0.665. The van der Waals surface area contributed by atoms with Crippen molar-refractivity contribution >= 4 is 42.1 Å². The summed E-state index contributed by atoms with van der Waals surface area (Å²) in [5.41, 5.74) is 3.33. The lowest BCUT2D eigenvalue weighted by Gasteiger charge is -2.23. The van der Waals surface area contributed by atoms with Gasteiger partial charge in [-0.1, -0.05) is 111 Å². The third-order valence-corrected chi connectivity index (χ3v) is 6.70. The van der Waals surface area contributed by atoms with Gasteiger partial charge in [0.05, 0.1) is 0 Å². The van der Waals surface area contributed by atoms with Crippen LogP contribution in [0.5, 0.6) is 0 Å². The van der Waals surface area contributed by atoms with E-state index in [4.69, 9.17) is 0 Å². The molecule has 3 aromatic carbocycles. The molecule has 122 valence electrons. The van der Waals surface area contributed by atoms with Crippen LogP contribution in [0.1, 0.15) is 16.7 Å². The summed E-state index contributed by atoms with van der Waals surface area (Å²) in [5.74, 6) is 0. The molecule has 0 spiro atoms. The monoisotopic (exact) mass is 340 g/mol. The molecule has 0 aliphatic heterocycles. The van der Waals surface area contributed by atoms with E-state index in [1.807, 2.05) is 18.2 Å². The molecule has 0 saturated carbocycles. The summed E-state index contributed by atoms with van der Waals surface area (Å²) in [4.78, 5) is 0. The molecule has 0 aliphatic rings. The van der Waals surface area contributed by atoms with E-state index < -0.39 is 7.92 Å². The van der Waals surface area contributed by atoms with Gasteiger partial charge in [-0.25, -0.2) is 0 Å². The highest BCUT2D eigenvalue weighted by molar-refractivity contribution is 7.80. The van der Waals surface area contributed by atoms with Crippen molar-refractivity contribution in [3.8, 4) is 0 Å². The molecule has 3 aromatic rings. The van der Waals surface area contributed by atoms with Crippen molar-refractivity contribution in [3.63, 3.8) is 0 Å². The lowest BCUT2D eigenvalue weighted by atomic mass is 10.0. The Morgan fingerprint density at radius 3 is 1.52 bits per heavy atom. The van der Waals surface area contributed by atoms with Gasteiger partial charge in [-0.3, -0.25) is 0 Å². The Hall–Kier alpha value is -2.69. The smallest absolute Gasteiger partial charge is 0.00724 e. The normalized spacial score (nSPS) is 10.4. The number of hydrogen-bond donors (Lipinski definition) is 0. The minimum absolute atomic E-state index is 0.665. The Morgan fingerprint density at radius 1 is 0.560 bits per heavy atom. The van der Waals surface area contributed by atoms with Crippen LogP contribution in [0.25, 0.3) is 18.2 Å². The third kappa shape index (κ3) is 3.40. The molecular weight excluding hydrogens is 319 g/mol. The molecule has 0 radical (unpaired) electrons. The van der Waals surface area contributed by atoms with Crippen LogP contribution in [0.2, 0.25) is 0 Å². The summed E-state index contributed by atoms with van der Waals surface area (Å²) < 4.78 is 0. The second-order valence-electron chi connectivity index (χ2n) is 5.62. The fraction of sp³-hybridized carbons (Fsp3) is 0. The van der Waals surface area contributed by atoms with Crippen molar-refractivity contribution in [2.75, 3.05) is 0 Å². The first-order chi connectivity index (χ1) is 12.3. The van der Waals surface area contributed by atoms with Gasteiger partial charge < -0.3 is 0 Å². The molecule has 0 aliphatic carbocycles. The summed E-state index contributed by atoms with van der Waals surface area (Å²) in [5, 5.41) is 3.95. The van der Waals surface area contributed by atoms with E-state index in [2.05, 4.69) is 92.5 Å². The maximum atomic E-state index is 4.07. The molecule has 0 atom stereocenters. The first-order valence-corrected chi connectivity index (χ1v) is 9.59. The average Bonchev–Trinajstić information content (AvgIpc) is 2.69. The van der Waals surface area contributed by atoms with Gasteiger partial charge in [-0.2, -0.15) is 0 Å². The van der Waals surface area contributed by atoms with Gasteiger partial charge in [-0.05, 0) is 40.5 Å². The topological polar surface area (TPSA) is 0 Å². The molecule has 0 fully saturated rings. The standard InChI is InChI=1S/C24H21P/c1-4-19-17-18-24(23(6-3)22(19)5-2)25(20-13-9-7-10-14-20)21-15-11-8-12-16-21/h4-18H,1-3H2. The zero-order chi connectivity index (χ0) is 17.6. The van der Waals surface area contributed by atoms with Crippen LogP contribution in [-0.4, -0.2) is 0 Å². The van der Waals surface area contributed by atoms with Gasteiger partial charge in [0.15, 0.2) is 0 Å². The Kier molecular flexibility index (Phi) is 5.43. The Labute approximate surface area is 151 Å². The molecule has 0 amide bonds. The summed E-state index contributed by atoms with van der Waals surface area (Å²) >= 11 is 0. The first kappa shape index (κ1) is 17.1. The molecular formula is C24H21P. The van der Waals surface area contributed by atoms with Crippen molar-refractivity contribution in [1.29, 1.82) is 0 Å². The number of benzene rings is 3. The zero-order valence-electron chi connectivity index (χ0n) is 14.2. The maximum Gasteiger partial charge on any atom is -0.00724 e. The van der Waals surface area contributed by atoms with Gasteiger partial charge in [0, 0.05) is 0 Å². The van der Waals surface area contributed by atoms with Crippen LogP contribution in [0.3, 0.4) is 0 Å². The van der Waals surface area contributed by atoms with E-state index in [0.717, 1.165) is 16.7 Å². The minimum Gasteiger partial charge on any atom is -0.0984 e. The highest BCUT2D eigenvalue weighted by Gasteiger charge is 2.20. The second kappa shape index (κ2) is 7.92. The van der Waals surface area contributed by atoms with Gasteiger partial charge in [0.1, 0.15) is 0 Å². The fourth-order valence-corrected chi connectivity index (χ4v) is 5.51. The van der Waals surface area contributed by atoms with E-state index in [-0.39, 0.29) is 0 Å². The van der Waals surface area contributed by atoms with Crippen molar-refractivity contribution in [2.24, 2.45) is 0 Å². The van der Waals surface area contributed by atoms with E-state index in [0.29, 0.717) is 0 Å². The maximum absolute atomic E-state index is 4.07. The van der Waals surface area contributed by atoms with Crippen LogP contribution in [-0.2, 0) is 0 Å². The largest absolute Gasteiger partial charge is 0.0984 e. The fourth-order valence-electron chi connectivity index (χ4n) is 3.04. The molecule has 0 unspecified atom stereocenters. The number of rotatable bonds is 6. The van der Waals surface area contributed by atoms with Gasteiger partial charge in [-0.15, -0.1) is 0 Å². The minimum atomic E-state index is -0.665. The molecule has 0 aromatic heterocycles. The van der Waals surface area contributed by atoms with Crippen LogP contribution in [0, 0.1) is 0 Å². The molecule has 1 heteroatoms. The van der Waals surface area contributed by atoms with Gasteiger partial charge >= 0.3 is 0 Å². The summed E-state index contributed by atoms with van der Waals surface area (Å²) in [6, 6.07) is 25.7. The molecule has 0 heterocycles. The highest BCUT2D eigenvalue weighted by atomic mass is 31.1. The predicted molar refractivity (Wildman–Crippen MR) is 115 cm³/mol. The SMILES string of the molecule is C=Cc1ccc(P(c2ccccc2)c2ccccc2)c(C=C)c1C=C. The van der Waals surface area contributed by atoms with E-state index in [1.165, 1.54) is 15.9 Å². The van der Waals surface area contributed by atoms with E-state index in [9.17, 15) is 0 Å². The zero-order valence-corrected chi connectivity index (χ0v) is 15.1. The predicted octanol–water partition coefficient (Wildman–Crippen LogP) is 5.37. The average molecular weight is 340 g/mol. The molecule has 3 rings (SSSR count). The Morgan fingerprint density at radius 2 is 1.08 bits per heavy atom. The lowest BCUT2D eigenvalue weighted by molar-refractivity contribution is 1.62.